The Bertz CT molecular complexity index is 623. The van der Waals surface area contributed by atoms with E-state index in [0.717, 1.165) is 32.1 Å². The summed E-state index contributed by atoms with van der Waals surface area (Å²) in [6.07, 6.45) is 5.41. The van der Waals surface area contributed by atoms with Gasteiger partial charge in [-0.15, -0.1) is 0 Å². The van der Waals surface area contributed by atoms with E-state index in [1.165, 1.54) is 16.7 Å². The van der Waals surface area contributed by atoms with Crippen molar-refractivity contribution in [1.82, 2.24) is 0 Å². The molecule has 0 aliphatic heterocycles. The van der Waals surface area contributed by atoms with Crippen LogP contribution in [0.5, 0.6) is 0 Å². The molecular formula is C21H36O3S. The van der Waals surface area contributed by atoms with Crippen molar-refractivity contribution in [3.63, 3.8) is 0 Å². The first-order valence-corrected chi connectivity index (χ1v) is 11.1. The molecule has 0 bridgehead atoms. The number of benzene rings is 1. The van der Waals surface area contributed by atoms with Gasteiger partial charge in [-0.2, -0.15) is 8.42 Å². The van der Waals surface area contributed by atoms with Crippen molar-refractivity contribution < 1.29 is 13.0 Å². The molecule has 0 spiro atoms. The number of aryl methyl sites for hydroxylation is 1. The lowest BCUT2D eigenvalue weighted by atomic mass is 9.75. The Hall–Kier alpha value is -0.870. The van der Waals surface area contributed by atoms with Crippen LogP contribution in [0.2, 0.25) is 0 Å². The van der Waals surface area contributed by atoms with Gasteiger partial charge >= 0.3 is 0 Å². The molecule has 0 saturated heterocycles. The predicted molar refractivity (Wildman–Crippen MR) is 107 cm³/mol. The molecular weight excluding hydrogens is 332 g/mol. The second kappa shape index (κ2) is 8.68. The summed E-state index contributed by atoms with van der Waals surface area (Å²) in [5.41, 5.74) is 4.42. The monoisotopic (exact) mass is 368 g/mol. The van der Waals surface area contributed by atoms with Gasteiger partial charge in [-0.3, -0.25) is 4.55 Å². The van der Waals surface area contributed by atoms with Crippen molar-refractivity contribution in [2.75, 3.05) is 5.75 Å². The van der Waals surface area contributed by atoms with Crippen LogP contribution in [-0.2, 0) is 27.4 Å². The molecule has 1 aromatic rings. The lowest BCUT2D eigenvalue weighted by Gasteiger charge is -2.29. The third-order valence-corrected chi connectivity index (χ3v) is 6.50. The topological polar surface area (TPSA) is 54.4 Å². The molecule has 0 aliphatic rings. The van der Waals surface area contributed by atoms with Gasteiger partial charge in [0.2, 0.25) is 0 Å². The van der Waals surface area contributed by atoms with Crippen LogP contribution < -0.4 is 0 Å². The first-order chi connectivity index (χ1) is 11.4. The van der Waals surface area contributed by atoms with E-state index in [1.54, 1.807) is 0 Å². The zero-order chi connectivity index (χ0) is 19.3. The zero-order valence-corrected chi connectivity index (χ0v) is 17.7. The van der Waals surface area contributed by atoms with Crippen molar-refractivity contribution in [2.24, 2.45) is 0 Å². The summed E-state index contributed by atoms with van der Waals surface area (Å²) in [6, 6.07) is 7.01. The molecule has 0 heterocycles. The Morgan fingerprint density at radius 3 is 1.72 bits per heavy atom. The van der Waals surface area contributed by atoms with E-state index >= 15 is 0 Å². The fourth-order valence-corrected chi connectivity index (χ4v) is 3.39. The van der Waals surface area contributed by atoms with Gasteiger partial charge in [-0.25, -0.2) is 0 Å². The number of hydrogen-bond donors (Lipinski definition) is 1. The average molecular weight is 369 g/mol. The third-order valence-electron chi connectivity index (χ3n) is 5.69. The summed E-state index contributed by atoms with van der Waals surface area (Å²) in [6.45, 7) is 13.6. The van der Waals surface area contributed by atoms with Gasteiger partial charge in [0.15, 0.2) is 0 Å². The summed E-state index contributed by atoms with van der Waals surface area (Å²) in [5.74, 6) is -0.135. The van der Waals surface area contributed by atoms with E-state index in [1.807, 2.05) is 0 Å². The van der Waals surface area contributed by atoms with Crippen LogP contribution in [-0.4, -0.2) is 18.7 Å². The third kappa shape index (κ3) is 7.10. The highest BCUT2D eigenvalue weighted by atomic mass is 32.2. The van der Waals surface area contributed by atoms with Crippen LogP contribution in [0.15, 0.2) is 18.2 Å². The van der Waals surface area contributed by atoms with Gasteiger partial charge in [0.05, 0.1) is 5.75 Å². The fraction of sp³-hybridized carbons (Fsp3) is 0.714. The van der Waals surface area contributed by atoms with Gasteiger partial charge < -0.3 is 0 Å². The van der Waals surface area contributed by atoms with Gasteiger partial charge in [0, 0.05) is 0 Å². The summed E-state index contributed by atoms with van der Waals surface area (Å²) in [7, 11) is -3.83. The normalized spacial score (nSPS) is 13.2. The van der Waals surface area contributed by atoms with E-state index < -0.39 is 10.1 Å². The van der Waals surface area contributed by atoms with Crippen LogP contribution in [0.1, 0.15) is 90.3 Å². The summed E-state index contributed by atoms with van der Waals surface area (Å²) in [4.78, 5) is 0. The second-order valence-electron chi connectivity index (χ2n) is 8.49. The Morgan fingerprint density at radius 2 is 1.32 bits per heavy atom. The summed E-state index contributed by atoms with van der Waals surface area (Å²) < 4.78 is 30.4. The molecule has 0 fully saturated rings. The molecule has 0 aromatic heterocycles. The van der Waals surface area contributed by atoms with Crippen LogP contribution in [0.4, 0.5) is 0 Å². The predicted octanol–water partition coefficient (Wildman–Crippen LogP) is 5.66. The van der Waals surface area contributed by atoms with Crippen LogP contribution in [0, 0.1) is 0 Å². The Balaban J connectivity index is 2.94. The fourth-order valence-electron chi connectivity index (χ4n) is 2.82. The minimum Gasteiger partial charge on any atom is -0.286 e. The summed E-state index contributed by atoms with van der Waals surface area (Å²) in [5, 5.41) is 0. The first-order valence-electron chi connectivity index (χ1n) is 9.51. The van der Waals surface area contributed by atoms with Crippen molar-refractivity contribution in [1.29, 1.82) is 0 Å². The highest BCUT2D eigenvalue weighted by molar-refractivity contribution is 7.85. The largest absolute Gasteiger partial charge is 0.286 e. The maximum absolute atomic E-state index is 10.8. The molecule has 1 N–H and O–H groups in total. The highest BCUT2D eigenvalue weighted by Gasteiger charge is 2.24. The molecule has 144 valence electrons. The molecule has 0 unspecified atom stereocenters. The molecule has 0 amide bonds. The smallest absolute Gasteiger partial charge is 0.264 e. The maximum Gasteiger partial charge on any atom is 0.264 e. The standard InChI is InChI=1S/C21H36O3S/c1-7-20(3,4)18-14-17(12-10-9-11-13-25(22,23)24)15-19(16-18)21(5,6)8-2/h14-16H,7-13H2,1-6H3,(H,22,23,24). The van der Waals surface area contributed by atoms with Crippen LogP contribution in [0.25, 0.3) is 0 Å². The Morgan fingerprint density at radius 1 is 0.840 bits per heavy atom. The Kier molecular flexibility index (Phi) is 7.70. The lowest BCUT2D eigenvalue weighted by Crippen LogP contribution is -2.20. The van der Waals surface area contributed by atoms with Crippen molar-refractivity contribution in [3.8, 4) is 0 Å². The SMILES string of the molecule is CCC(C)(C)c1cc(CCCCCS(=O)(=O)O)cc(C(C)(C)CC)c1. The van der Waals surface area contributed by atoms with Gasteiger partial charge in [-0.05, 0) is 59.6 Å². The van der Waals surface area contributed by atoms with Crippen molar-refractivity contribution in [3.05, 3.63) is 34.9 Å². The highest BCUT2D eigenvalue weighted by Crippen LogP contribution is 2.34. The maximum atomic E-state index is 10.8. The second-order valence-corrected chi connectivity index (χ2v) is 10.1. The quantitative estimate of drug-likeness (QED) is 0.428. The molecule has 0 aliphatic carbocycles. The molecule has 25 heavy (non-hydrogen) atoms. The molecule has 3 nitrogen and oxygen atoms in total. The number of hydrogen-bond acceptors (Lipinski definition) is 2. The molecule has 1 aromatic carbocycles. The average Bonchev–Trinajstić information content (AvgIpc) is 2.53. The first kappa shape index (κ1) is 22.2. The molecule has 0 saturated carbocycles. The molecule has 0 atom stereocenters. The molecule has 0 radical (unpaired) electrons. The Labute approximate surface area is 155 Å². The van der Waals surface area contributed by atoms with E-state index in [-0.39, 0.29) is 16.6 Å². The van der Waals surface area contributed by atoms with E-state index in [0.29, 0.717) is 6.42 Å². The number of unbranched alkanes of at least 4 members (excludes halogenated alkanes) is 2. The van der Waals surface area contributed by atoms with E-state index in [9.17, 15) is 8.42 Å². The molecule has 1 rings (SSSR count). The minimum atomic E-state index is -3.83. The summed E-state index contributed by atoms with van der Waals surface area (Å²) >= 11 is 0. The van der Waals surface area contributed by atoms with Crippen LogP contribution >= 0.6 is 0 Å². The zero-order valence-electron chi connectivity index (χ0n) is 16.9. The van der Waals surface area contributed by atoms with Crippen molar-refractivity contribution >= 4 is 10.1 Å². The van der Waals surface area contributed by atoms with Gasteiger partial charge in [0.25, 0.3) is 10.1 Å². The lowest BCUT2D eigenvalue weighted by molar-refractivity contribution is 0.479. The number of rotatable bonds is 10. The van der Waals surface area contributed by atoms with Gasteiger partial charge in [-0.1, -0.05) is 66.2 Å². The van der Waals surface area contributed by atoms with E-state index in [4.69, 9.17) is 4.55 Å². The van der Waals surface area contributed by atoms with Crippen molar-refractivity contribution in [2.45, 2.75) is 90.9 Å². The van der Waals surface area contributed by atoms with Crippen LogP contribution in [0.3, 0.4) is 0 Å². The molecule has 4 heteroatoms. The van der Waals surface area contributed by atoms with E-state index in [2.05, 4.69) is 59.7 Å². The van der Waals surface area contributed by atoms with Gasteiger partial charge in [0.1, 0.15) is 0 Å². The minimum absolute atomic E-state index is 0.135.